The third-order valence-corrected chi connectivity index (χ3v) is 3.99. The van der Waals surface area contributed by atoms with Gasteiger partial charge in [0.05, 0.1) is 5.54 Å². The minimum absolute atomic E-state index is 0.192. The summed E-state index contributed by atoms with van der Waals surface area (Å²) in [6.07, 6.45) is 0. The third-order valence-electron chi connectivity index (χ3n) is 2.72. The fraction of sp³-hybridized carbons (Fsp3) is 0.889. The maximum Gasteiger partial charge on any atom is 0.219 e. The van der Waals surface area contributed by atoms with Crippen molar-refractivity contribution in [2.75, 3.05) is 24.6 Å². The van der Waals surface area contributed by atoms with Crippen molar-refractivity contribution in [3.63, 3.8) is 0 Å². The van der Waals surface area contributed by atoms with Crippen molar-refractivity contribution < 1.29 is 4.79 Å². The standard InChI is InChI=1S/C9H16N2OS/c1-7(12)11-5-9(2,6-11)10-8-3-13-4-8/h8,10H,3-6H2,1-2H3. The van der Waals surface area contributed by atoms with Gasteiger partial charge in [0.15, 0.2) is 0 Å². The van der Waals surface area contributed by atoms with E-state index in [1.54, 1.807) is 6.92 Å². The lowest BCUT2D eigenvalue weighted by Crippen LogP contribution is -2.71. The van der Waals surface area contributed by atoms with Gasteiger partial charge in [-0.1, -0.05) is 0 Å². The van der Waals surface area contributed by atoms with Gasteiger partial charge >= 0.3 is 0 Å². The van der Waals surface area contributed by atoms with Crippen LogP contribution in [0.4, 0.5) is 0 Å². The van der Waals surface area contributed by atoms with Gasteiger partial charge in [0.2, 0.25) is 5.91 Å². The van der Waals surface area contributed by atoms with Gasteiger partial charge in [-0.05, 0) is 6.92 Å². The molecule has 0 saturated carbocycles. The molecule has 0 radical (unpaired) electrons. The summed E-state index contributed by atoms with van der Waals surface area (Å²) in [4.78, 5) is 12.9. The Labute approximate surface area is 83.2 Å². The van der Waals surface area contributed by atoms with E-state index in [2.05, 4.69) is 12.2 Å². The summed E-state index contributed by atoms with van der Waals surface area (Å²) in [6.45, 7) is 5.60. The molecular weight excluding hydrogens is 184 g/mol. The Morgan fingerprint density at radius 1 is 1.54 bits per heavy atom. The molecule has 0 unspecified atom stereocenters. The van der Waals surface area contributed by atoms with E-state index in [-0.39, 0.29) is 11.4 Å². The number of hydrogen-bond donors (Lipinski definition) is 1. The predicted octanol–water partition coefficient (Wildman–Crippen LogP) is 0.312. The average Bonchev–Trinajstić information content (AvgIpc) is 1.91. The van der Waals surface area contributed by atoms with Crippen LogP contribution in [-0.2, 0) is 4.79 Å². The summed E-state index contributed by atoms with van der Waals surface area (Å²) in [5, 5.41) is 3.60. The first-order chi connectivity index (χ1) is 6.09. The summed E-state index contributed by atoms with van der Waals surface area (Å²) in [7, 11) is 0. The monoisotopic (exact) mass is 200 g/mol. The second-order valence-electron chi connectivity index (χ2n) is 4.31. The van der Waals surface area contributed by atoms with Crippen molar-refractivity contribution >= 4 is 17.7 Å². The lowest BCUT2D eigenvalue weighted by Gasteiger charge is -2.51. The number of amides is 1. The highest BCUT2D eigenvalue weighted by Gasteiger charge is 2.41. The molecule has 0 aliphatic carbocycles. The smallest absolute Gasteiger partial charge is 0.219 e. The fourth-order valence-electron chi connectivity index (χ4n) is 1.92. The molecule has 2 saturated heterocycles. The summed E-state index contributed by atoms with van der Waals surface area (Å²) in [5.41, 5.74) is 0.192. The Bertz CT molecular complexity index is 222. The Hall–Kier alpha value is -0.220. The Kier molecular flexibility index (Phi) is 2.28. The van der Waals surface area contributed by atoms with E-state index >= 15 is 0 Å². The third kappa shape index (κ3) is 1.83. The summed E-state index contributed by atoms with van der Waals surface area (Å²) >= 11 is 1.98. The van der Waals surface area contributed by atoms with Gasteiger partial charge in [0, 0.05) is 37.6 Å². The molecule has 0 aromatic rings. The zero-order valence-electron chi connectivity index (χ0n) is 8.17. The quantitative estimate of drug-likeness (QED) is 0.696. The first-order valence-corrected chi connectivity index (χ1v) is 5.85. The molecular formula is C9H16N2OS. The van der Waals surface area contributed by atoms with Gasteiger partial charge in [-0.25, -0.2) is 0 Å². The van der Waals surface area contributed by atoms with Crippen LogP contribution in [0.5, 0.6) is 0 Å². The van der Waals surface area contributed by atoms with Crippen molar-refractivity contribution in [3.8, 4) is 0 Å². The molecule has 4 heteroatoms. The number of carbonyl (C=O) groups is 1. The molecule has 1 amide bonds. The van der Waals surface area contributed by atoms with Gasteiger partial charge in [0.25, 0.3) is 0 Å². The molecule has 0 aromatic heterocycles. The van der Waals surface area contributed by atoms with Crippen molar-refractivity contribution in [1.82, 2.24) is 10.2 Å². The molecule has 1 N–H and O–H groups in total. The highest BCUT2D eigenvalue weighted by atomic mass is 32.2. The molecule has 0 atom stereocenters. The number of thioether (sulfide) groups is 1. The van der Waals surface area contributed by atoms with E-state index in [4.69, 9.17) is 0 Å². The number of hydrogen-bond acceptors (Lipinski definition) is 3. The number of likely N-dealkylation sites (tertiary alicyclic amines) is 1. The second kappa shape index (κ2) is 3.17. The first kappa shape index (κ1) is 9.34. The Morgan fingerprint density at radius 3 is 2.54 bits per heavy atom. The van der Waals surface area contributed by atoms with Gasteiger partial charge in [-0.3, -0.25) is 4.79 Å². The van der Waals surface area contributed by atoms with Crippen molar-refractivity contribution in [3.05, 3.63) is 0 Å². The molecule has 2 aliphatic heterocycles. The molecule has 2 heterocycles. The van der Waals surface area contributed by atoms with Gasteiger partial charge in [0.1, 0.15) is 0 Å². The number of nitrogens with one attached hydrogen (secondary N) is 1. The lowest BCUT2D eigenvalue weighted by atomic mass is 9.91. The Balaban J connectivity index is 1.77. The Morgan fingerprint density at radius 2 is 2.15 bits per heavy atom. The molecule has 0 spiro atoms. The van der Waals surface area contributed by atoms with Crippen LogP contribution >= 0.6 is 11.8 Å². The van der Waals surface area contributed by atoms with Gasteiger partial charge in [-0.15, -0.1) is 0 Å². The molecule has 3 nitrogen and oxygen atoms in total. The van der Waals surface area contributed by atoms with Crippen LogP contribution in [-0.4, -0.2) is 47.0 Å². The van der Waals surface area contributed by atoms with Crippen LogP contribution in [0.3, 0.4) is 0 Å². The topological polar surface area (TPSA) is 32.3 Å². The molecule has 2 fully saturated rings. The van der Waals surface area contributed by atoms with E-state index in [1.165, 1.54) is 11.5 Å². The lowest BCUT2D eigenvalue weighted by molar-refractivity contribution is -0.137. The van der Waals surface area contributed by atoms with Crippen LogP contribution in [0.2, 0.25) is 0 Å². The van der Waals surface area contributed by atoms with Crippen LogP contribution in [0.15, 0.2) is 0 Å². The predicted molar refractivity (Wildman–Crippen MR) is 54.9 cm³/mol. The van der Waals surface area contributed by atoms with Crippen molar-refractivity contribution in [2.45, 2.75) is 25.4 Å². The van der Waals surface area contributed by atoms with Crippen LogP contribution in [0.1, 0.15) is 13.8 Å². The van der Waals surface area contributed by atoms with Gasteiger partial charge < -0.3 is 10.2 Å². The normalized spacial score (nSPS) is 26.5. The minimum Gasteiger partial charge on any atom is -0.339 e. The first-order valence-electron chi connectivity index (χ1n) is 4.70. The molecule has 0 aromatic carbocycles. The second-order valence-corrected chi connectivity index (χ2v) is 5.39. The summed E-state index contributed by atoms with van der Waals surface area (Å²) < 4.78 is 0. The zero-order valence-corrected chi connectivity index (χ0v) is 8.99. The molecule has 13 heavy (non-hydrogen) atoms. The van der Waals surface area contributed by atoms with E-state index in [0.717, 1.165) is 13.1 Å². The largest absolute Gasteiger partial charge is 0.339 e. The number of rotatable bonds is 2. The molecule has 2 rings (SSSR count). The molecule has 2 aliphatic rings. The van der Waals surface area contributed by atoms with Crippen LogP contribution in [0.25, 0.3) is 0 Å². The van der Waals surface area contributed by atoms with E-state index in [9.17, 15) is 4.79 Å². The van der Waals surface area contributed by atoms with Gasteiger partial charge in [-0.2, -0.15) is 11.8 Å². The SMILES string of the molecule is CC(=O)N1CC(C)(NC2CSC2)C1. The summed E-state index contributed by atoms with van der Waals surface area (Å²) in [5.74, 6) is 2.66. The minimum atomic E-state index is 0.192. The van der Waals surface area contributed by atoms with Crippen LogP contribution in [0, 0.1) is 0 Å². The zero-order chi connectivity index (χ0) is 9.47. The molecule has 74 valence electrons. The fourth-order valence-corrected chi connectivity index (χ4v) is 2.56. The maximum atomic E-state index is 11.0. The maximum absolute atomic E-state index is 11.0. The van der Waals surface area contributed by atoms with Crippen molar-refractivity contribution in [1.29, 1.82) is 0 Å². The highest BCUT2D eigenvalue weighted by molar-refractivity contribution is 8.00. The highest BCUT2D eigenvalue weighted by Crippen LogP contribution is 2.25. The average molecular weight is 200 g/mol. The summed E-state index contributed by atoms with van der Waals surface area (Å²) in [6, 6.07) is 0.684. The van der Waals surface area contributed by atoms with E-state index in [0.29, 0.717) is 6.04 Å². The van der Waals surface area contributed by atoms with E-state index in [1.807, 2.05) is 16.7 Å². The number of carbonyl (C=O) groups excluding carboxylic acids is 1. The van der Waals surface area contributed by atoms with E-state index < -0.39 is 0 Å². The number of nitrogens with zero attached hydrogens (tertiary/aromatic N) is 1. The van der Waals surface area contributed by atoms with Crippen LogP contribution < -0.4 is 5.32 Å². The molecule has 0 bridgehead atoms. The van der Waals surface area contributed by atoms with Crippen molar-refractivity contribution in [2.24, 2.45) is 0 Å².